The molecule has 1 saturated heterocycles. The van der Waals surface area contributed by atoms with E-state index in [1.165, 1.54) is 6.08 Å². The van der Waals surface area contributed by atoms with Gasteiger partial charge < -0.3 is 24.4 Å². The Morgan fingerprint density at radius 2 is 1.55 bits per heavy atom. The maximum atomic E-state index is 12.7. The number of hydrogen-bond acceptors (Lipinski definition) is 5. The summed E-state index contributed by atoms with van der Waals surface area (Å²) in [6.07, 6.45) is 4.50. The van der Waals surface area contributed by atoms with Gasteiger partial charge in [0.15, 0.2) is 11.5 Å². The number of likely N-dealkylation sites (tertiary alicyclic amines) is 1. The zero-order valence-corrected chi connectivity index (χ0v) is 18.1. The Hall–Kier alpha value is -3.48. The smallest absolute Gasteiger partial charge is 0.246 e. The van der Waals surface area contributed by atoms with Gasteiger partial charge >= 0.3 is 0 Å². The molecule has 2 aromatic rings. The van der Waals surface area contributed by atoms with Crippen LogP contribution in [0.2, 0.25) is 0 Å². The third-order valence-electron chi connectivity index (χ3n) is 5.36. The summed E-state index contributed by atoms with van der Waals surface area (Å²) in [5.74, 6) is 1.50. The second-order valence-corrected chi connectivity index (χ2v) is 7.24. The van der Waals surface area contributed by atoms with Crippen LogP contribution in [0.25, 0.3) is 6.08 Å². The van der Waals surface area contributed by atoms with Crippen LogP contribution < -0.4 is 19.5 Å². The highest BCUT2D eigenvalue weighted by molar-refractivity contribution is 5.94. The van der Waals surface area contributed by atoms with E-state index in [2.05, 4.69) is 5.32 Å². The van der Waals surface area contributed by atoms with Crippen LogP contribution in [0.15, 0.2) is 48.5 Å². The van der Waals surface area contributed by atoms with E-state index in [0.717, 1.165) is 5.69 Å². The molecule has 31 heavy (non-hydrogen) atoms. The molecule has 164 valence electrons. The van der Waals surface area contributed by atoms with E-state index >= 15 is 0 Å². The molecule has 1 N–H and O–H groups in total. The molecule has 7 heteroatoms. The number of carbonyl (C=O) groups is 2. The fraction of sp³-hybridized carbons (Fsp3) is 0.333. The molecule has 1 aliphatic heterocycles. The topological polar surface area (TPSA) is 77.1 Å². The van der Waals surface area contributed by atoms with Gasteiger partial charge in [-0.3, -0.25) is 9.59 Å². The molecule has 1 fully saturated rings. The minimum atomic E-state index is -0.0984. The monoisotopic (exact) mass is 424 g/mol. The number of hydrogen-bond donors (Lipinski definition) is 1. The van der Waals surface area contributed by atoms with Crippen LogP contribution in [0.5, 0.6) is 17.2 Å². The number of anilines is 1. The number of nitrogens with one attached hydrogen (secondary N) is 1. The van der Waals surface area contributed by atoms with Gasteiger partial charge in [-0.2, -0.15) is 0 Å². The Morgan fingerprint density at radius 3 is 2.16 bits per heavy atom. The van der Waals surface area contributed by atoms with E-state index < -0.39 is 0 Å². The molecule has 0 aliphatic carbocycles. The van der Waals surface area contributed by atoms with Gasteiger partial charge in [-0.15, -0.1) is 0 Å². The van der Waals surface area contributed by atoms with Gasteiger partial charge in [-0.1, -0.05) is 18.2 Å². The largest absolute Gasteiger partial charge is 0.496 e. The molecule has 7 nitrogen and oxygen atoms in total. The second-order valence-electron chi connectivity index (χ2n) is 7.24. The number of piperidine rings is 1. The van der Waals surface area contributed by atoms with Crippen molar-refractivity contribution in [2.45, 2.75) is 12.8 Å². The van der Waals surface area contributed by atoms with Crippen LogP contribution in [0.1, 0.15) is 18.4 Å². The lowest BCUT2D eigenvalue weighted by Gasteiger charge is -2.30. The predicted molar refractivity (Wildman–Crippen MR) is 120 cm³/mol. The molecule has 2 amide bonds. The van der Waals surface area contributed by atoms with Crippen LogP contribution in [-0.4, -0.2) is 51.1 Å². The number of methoxy groups -OCH3 is 3. The third kappa shape index (κ3) is 5.57. The molecule has 0 aromatic heterocycles. The second kappa shape index (κ2) is 10.5. The Balaban J connectivity index is 1.59. The summed E-state index contributed by atoms with van der Waals surface area (Å²) >= 11 is 0. The minimum absolute atomic E-state index is 0.00362. The molecular weight excluding hydrogens is 396 g/mol. The Kier molecular flexibility index (Phi) is 7.54. The molecule has 0 spiro atoms. The number of nitrogens with zero attached hydrogens (tertiary/aromatic N) is 1. The van der Waals surface area contributed by atoms with Crippen LogP contribution in [0.4, 0.5) is 5.69 Å². The van der Waals surface area contributed by atoms with Gasteiger partial charge in [0.25, 0.3) is 0 Å². The van der Waals surface area contributed by atoms with Crippen molar-refractivity contribution < 1.29 is 23.8 Å². The van der Waals surface area contributed by atoms with Gasteiger partial charge in [-0.25, -0.2) is 0 Å². The molecule has 0 radical (unpaired) electrons. The number of amides is 2. The molecule has 0 saturated carbocycles. The standard InChI is InChI=1S/C24H28N2O5/c1-29-20-16-22(31-3)21(30-2)15-18(20)9-10-23(27)26-13-11-17(12-14-26)24(28)25-19-7-5-4-6-8-19/h4-10,15-17H,11-14H2,1-3H3,(H,25,28). The number of para-hydroxylation sites is 1. The fourth-order valence-corrected chi connectivity index (χ4v) is 3.58. The average molecular weight is 424 g/mol. The zero-order chi connectivity index (χ0) is 22.2. The Bertz CT molecular complexity index is 934. The molecule has 0 bridgehead atoms. The Morgan fingerprint density at radius 1 is 0.935 bits per heavy atom. The predicted octanol–water partition coefficient (Wildman–Crippen LogP) is 3.60. The van der Waals surface area contributed by atoms with Gasteiger partial charge in [0.2, 0.25) is 11.8 Å². The van der Waals surface area contributed by atoms with Crippen LogP contribution >= 0.6 is 0 Å². The van der Waals surface area contributed by atoms with Crippen molar-refractivity contribution in [2.24, 2.45) is 5.92 Å². The van der Waals surface area contributed by atoms with E-state index in [1.807, 2.05) is 30.3 Å². The third-order valence-corrected chi connectivity index (χ3v) is 5.36. The molecule has 1 heterocycles. The number of rotatable bonds is 7. The van der Waals surface area contributed by atoms with Gasteiger partial charge in [-0.05, 0) is 37.1 Å². The molecular formula is C24H28N2O5. The highest BCUT2D eigenvalue weighted by Gasteiger charge is 2.26. The van der Waals surface area contributed by atoms with Gasteiger partial charge in [0.1, 0.15) is 5.75 Å². The van der Waals surface area contributed by atoms with Crippen molar-refractivity contribution >= 4 is 23.6 Å². The van der Waals surface area contributed by atoms with Crippen molar-refractivity contribution in [2.75, 3.05) is 39.7 Å². The summed E-state index contributed by atoms with van der Waals surface area (Å²) in [5, 5.41) is 2.94. The van der Waals surface area contributed by atoms with Crippen LogP contribution in [0.3, 0.4) is 0 Å². The fourth-order valence-electron chi connectivity index (χ4n) is 3.58. The lowest BCUT2D eigenvalue weighted by Crippen LogP contribution is -2.40. The molecule has 1 aliphatic rings. The van der Waals surface area contributed by atoms with Crippen LogP contribution in [-0.2, 0) is 9.59 Å². The van der Waals surface area contributed by atoms with Gasteiger partial charge in [0, 0.05) is 42.4 Å². The van der Waals surface area contributed by atoms with Crippen molar-refractivity contribution in [3.05, 3.63) is 54.1 Å². The van der Waals surface area contributed by atoms with Crippen molar-refractivity contribution in [1.29, 1.82) is 0 Å². The van der Waals surface area contributed by atoms with E-state index in [-0.39, 0.29) is 17.7 Å². The first-order chi connectivity index (χ1) is 15.0. The summed E-state index contributed by atoms with van der Waals surface area (Å²) in [4.78, 5) is 26.9. The SMILES string of the molecule is COc1cc(OC)c(OC)cc1C=CC(=O)N1CCC(C(=O)Nc2ccccc2)CC1. The van der Waals surface area contributed by atoms with Crippen molar-refractivity contribution in [3.8, 4) is 17.2 Å². The molecule has 3 rings (SSSR count). The number of carbonyl (C=O) groups excluding carboxylic acids is 2. The maximum absolute atomic E-state index is 12.7. The van der Waals surface area contributed by atoms with E-state index in [4.69, 9.17) is 14.2 Å². The minimum Gasteiger partial charge on any atom is -0.496 e. The van der Waals surface area contributed by atoms with Crippen molar-refractivity contribution in [1.82, 2.24) is 4.90 Å². The summed E-state index contributed by atoms with van der Waals surface area (Å²) < 4.78 is 16.0. The van der Waals surface area contributed by atoms with Gasteiger partial charge in [0.05, 0.1) is 21.3 Å². The first kappa shape index (κ1) is 22.2. The normalized spacial score (nSPS) is 14.4. The Labute approximate surface area is 182 Å². The first-order valence-corrected chi connectivity index (χ1v) is 10.2. The number of ether oxygens (including phenoxy) is 3. The summed E-state index contributed by atoms with van der Waals surface area (Å²) in [7, 11) is 4.67. The quantitative estimate of drug-likeness (QED) is 0.687. The van der Waals surface area contributed by atoms with E-state index in [9.17, 15) is 9.59 Å². The highest BCUT2D eigenvalue weighted by atomic mass is 16.5. The highest BCUT2D eigenvalue weighted by Crippen LogP contribution is 2.35. The molecule has 0 unspecified atom stereocenters. The summed E-state index contributed by atoms with van der Waals surface area (Å²) in [6.45, 7) is 1.08. The summed E-state index contributed by atoms with van der Waals surface area (Å²) in [5.41, 5.74) is 1.50. The van der Waals surface area contributed by atoms with Crippen molar-refractivity contribution in [3.63, 3.8) is 0 Å². The summed E-state index contributed by atoms with van der Waals surface area (Å²) in [6, 6.07) is 12.9. The first-order valence-electron chi connectivity index (χ1n) is 10.2. The maximum Gasteiger partial charge on any atom is 0.246 e. The molecule has 2 aromatic carbocycles. The molecule has 0 atom stereocenters. The van der Waals surface area contributed by atoms with E-state index in [0.29, 0.717) is 48.7 Å². The lowest BCUT2D eigenvalue weighted by molar-refractivity contribution is -0.130. The lowest BCUT2D eigenvalue weighted by atomic mass is 9.95. The van der Waals surface area contributed by atoms with Crippen LogP contribution in [0, 0.1) is 5.92 Å². The zero-order valence-electron chi connectivity index (χ0n) is 18.1. The average Bonchev–Trinajstić information content (AvgIpc) is 2.82. The number of benzene rings is 2. The van der Waals surface area contributed by atoms with E-state index in [1.54, 1.807) is 44.4 Å².